The molecule has 0 heterocycles. The van der Waals surface area contributed by atoms with Gasteiger partial charge in [-0.25, -0.2) is 4.79 Å². The number of ether oxygens (including phenoxy) is 1. The van der Waals surface area contributed by atoms with Crippen LogP contribution in [0.1, 0.15) is 39.7 Å². The molecule has 1 atom stereocenters. The van der Waals surface area contributed by atoms with E-state index in [4.69, 9.17) is 4.74 Å². The maximum atomic E-state index is 12.6. The third-order valence-electron chi connectivity index (χ3n) is 3.26. The molecule has 0 saturated heterocycles. The van der Waals surface area contributed by atoms with Crippen LogP contribution in [0.3, 0.4) is 0 Å². The molecule has 0 aliphatic heterocycles. The SMILES string of the molecule is COC(=O)C(CCSC(C)C)(NC(C)C)c1ccccc1. The first kappa shape index (κ1) is 18.1. The van der Waals surface area contributed by atoms with Crippen molar-refractivity contribution in [3.05, 3.63) is 35.9 Å². The molecule has 1 aromatic rings. The van der Waals surface area contributed by atoms with Gasteiger partial charge in [-0.1, -0.05) is 44.2 Å². The molecular weight excluding hydrogens is 282 g/mol. The lowest BCUT2D eigenvalue weighted by molar-refractivity contribution is -0.149. The van der Waals surface area contributed by atoms with Gasteiger partial charge in [0.1, 0.15) is 5.54 Å². The minimum absolute atomic E-state index is 0.188. The summed E-state index contributed by atoms with van der Waals surface area (Å²) in [7, 11) is 1.46. The Balaban J connectivity index is 3.12. The van der Waals surface area contributed by atoms with Crippen molar-refractivity contribution in [3.63, 3.8) is 0 Å². The monoisotopic (exact) mass is 309 g/mol. The topological polar surface area (TPSA) is 38.3 Å². The van der Waals surface area contributed by atoms with Crippen LogP contribution in [0.25, 0.3) is 0 Å². The van der Waals surface area contributed by atoms with Gasteiger partial charge in [0, 0.05) is 6.04 Å². The van der Waals surface area contributed by atoms with Gasteiger partial charge in [-0.05, 0) is 36.8 Å². The number of hydrogen-bond acceptors (Lipinski definition) is 4. The summed E-state index contributed by atoms with van der Waals surface area (Å²) in [6.07, 6.45) is 0.713. The highest BCUT2D eigenvalue weighted by Crippen LogP contribution is 2.30. The van der Waals surface area contributed by atoms with Crippen LogP contribution in [0.2, 0.25) is 0 Å². The highest BCUT2D eigenvalue weighted by molar-refractivity contribution is 7.99. The van der Waals surface area contributed by atoms with E-state index in [1.807, 2.05) is 42.1 Å². The molecule has 0 aliphatic rings. The number of carbonyl (C=O) groups excluding carboxylic acids is 1. The van der Waals surface area contributed by atoms with Gasteiger partial charge < -0.3 is 4.74 Å². The van der Waals surface area contributed by atoms with Crippen LogP contribution in [0, 0.1) is 0 Å². The zero-order valence-electron chi connectivity index (χ0n) is 13.7. The molecule has 3 nitrogen and oxygen atoms in total. The summed E-state index contributed by atoms with van der Waals surface area (Å²) in [6, 6.07) is 10.1. The molecule has 21 heavy (non-hydrogen) atoms. The van der Waals surface area contributed by atoms with Gasteiger partial charge in [0.25, 0.3) is 0 Å². The summed E-state index contributed by atoms with van der Waals surface area (Å²) in [5.41, 5.74) is 0.196. The van der Waals surface area contributed by atoms with Crippen molar-refractivity contribution in [1.29, 1.82) is 0 Å². The van der Waals surface area contributed by atoms with E-state index in [2.05, 4.69) is 33.0 Å². The lowest BCUT2D eigenvalue weighted by Crippen LogP contribution is -2.53. The highest BCUT2D eigenvalue weighted by atomic mass is 32.2. The molecule has 118 valence electrons. The van der Waals surface area contributed by atoms with Crippen LogP contribution in [-0.4, -0.2) is 30.1 Å². The summed E-state index contributed by atoms with van der Waals surface area (Å²) in [5.74, 6) is 0.688. The second-order valence-electron chi connectivity index (χ2n) is 5.73. The minimum atomic E-state index is -0.772. The van der Waals surface area contributed by atoms with Crippen LogP contribution in [0.5, 0.6) is 0 Å². The summed E-state index contributed by atoms with van der Waals surface area (Å²) >= 11 is 1.86. The number of benzene rings is 1. The Morgan fingerprint density at radius 3 is 2.33 bits per heavy atom. The average Bonchev–Trinajstić information content (AvgIpc) is 2.45. The molecule has 1 rings (SSSR count). The van der Waals surface area contributed by atoms with Gasteiger partial charge in [0.05, 0.1) is 7.11 Å². The summed E-state index contributed by atoms with van der Waals surface area (Å²) < 4.78 is 5.12. The largest absolute Gasteiger partial charge is 0.467 e. The molecule has 1 aromatic carbocycles. The zero-order chi connectivity index (χ0) is 15.9. The van der Waals surface area contributed by atoms with Crippen molar-refractivity contribution in [1.82, 2.24) is 5.32 Å². The van der Waals surface area contributed by atoms with E-state index in [9.17, 15) is 4.79 Å². The molecule has 0 bridgehead atoms. The van der Waals surface area contributed by atoms with Gasteiger partial charge >= 0.3 is 5.97 Å². The van der Waals surface area contributed by atoms with Gasteiger partial charge in [-0.15, -0.1) is 0 Å². The Hall–Kier alpha value is -1.00. The lowest BCUT2D eigenvalue weighted by Gasteiger charge is -2.34. The van der Waals surface area contributed by atoms with E-state index in [0.29, 0.717) is 11.7 Å². The van der Waals surface area contributed by atoms with Crippen LogP contribution >= 0.6 is 11.8 Å². The van der Waals surface area contributed by atoms with E-state index in [-0.39, 0.29) is 12.0 Å². The van der Waals surface area contributed by atoms with E-state index in [1.54, 1.807) is 0 Å². The van der Waals surface area contributed by atoms with E-state index >= 15 is 0 Å². The maximum Gasteiger partial charge on any atom is 0.330 e. The standard InChI is InChI=1S/C17H27NO2S/c1-13(2)18-17(16(19)20-5,11-12-21-14(3)4)15-9-7-6-8-10-15/h6-10,13-14,18H,11-12H2,1-5H3. The third kappa shape index (κ3) is 5.04. The molecule has 1 unspecified atom stereocenters. The van der Waals surface area contributed by atoms with Crippen molar-refractivity contribution in [2.24, 2.45) is 0 Å². The number of nitrogens with one attached hydrogen (secondary N) is 1. The van der Waals surface area contributed by atoms with Crippen LogP contribution in [0.15, 0.2) is 30.3 Å². The van der Waals surface area contributed by atoms with Gasteiger partial charge in [0.15, 0.2) is 0 Å². The molecular formula is C17H27NO2S. The molecule has 1 N–H and O–H groups in total. The van der Waals surface area contributed by atoms with E-state index in [1.165, 1.54) is 7.11 Å². The second kappa shape index (κ2) is 8.44. The van der Waals surface area contributed by atoms with Gasteiger partial charge in [-0.3, -0.25) is 5.32 Å². The fourth-order valence-electron chi connectivity index (χ4n) is 2.42. The number of thioether (sulfide) groups is 1. The maximum absolute atomic E-state index is 12.6. The van der Waals surface area contributed by atoms with Crippen molar-refractivity contribution < 1.29 is 9.53 Å². The first-order valence-electron chi connectivity index (χ1n) is 7.45. The first-order chi connectivity index (χ1) is 9.92. The summed E-state index contributed by atoms with van der Waals surface area (Å²) in [4.78, 5) is 12.6. The zero-order valence-corrected chi connectivity index (χ0v) is 14.5. The number of hydrogen-bond donors (Lipinski definition) is 1. The predicted octanol–water partition coefficient (Wildman–Crippen LogP) is 3.58. The number of rotatable bonds is 8. The molecule has 0 amide bonds. The lowest BCUT2D eigenvalue weighted by atomic mass is 9.86. The van der Waals surface area contributed by atoms with Crippen molar-refractivity contribution >= 4 is 17.7 Å². The fraction of sp³-hybridized carbons (Fsp3) is 0.588. The average molecular weight is 309 g/mol. The Bertz CT molecular complexity index is 434. The van der Waals surface area contributed by atoms with Crippen LogP contribution in [-0.2, 0) is 15.1 Å². The molecule has 0 saturated carbocycles. The summed E-state index contributed by atoms with van der Waals surface area (Å²) in [6.45, 7) is 8.44. The second-order valence-corrected chi connectivity index (χ2v) is 7.42. The quantitative estimate of drug-likeness (QED) is 0.745. The Labute approximate surface area is 132 Å². The molecule has 0 spiro atoms. The smallest absolute Gasteiger partial charge is 0.330 e. The predicted molar refractivity (Wildman–Crippen MR) is 90.6 cm³/mol. The normalized spacial score (nSPS) is 14.2. The molecule has 0 aromatic heterocycles. The Morgan fingerprint density at radius 2 is 1.86 bits per heavy atom. The van der Waals surface area contributed by atoms with Gasteiger partial charge in [-0.2, -0.15) is 11.8 Å². The Kier molecular flexibility index (Phi) is 7.26. The van der Waals surface area contributed by atoms with Crippen LogP contribution < -0.4 is 5.32 Å². The van der Waals surface area contributed by atoms with E-state index in [0.717, 1.165) is 11.3 Å². The minimum Gasteiger partial charge on any atom is -0.467 e. The van der Waals surface area contributed by atoms with Crippen LogP contribution in [0.4, 0.5) is 0 Å². The molecule has 4 heteroatoms. The van der Waals surface area contributed by atoms with E-state index < -0.39 is 5.54 Å². The molecule has 0 aliphatic carbocycles. The molecule has 0 radical (unpaired) electrons. The highest BCUT2D eigenvalue weighted by Gasteiger charge is 2.41. The van der Waals surface area contributed by atoms with Crippen molar-refractivity contribution in [2.45, 2.75) is 50.9 Å². The van der Waals surface area contributed by atoms with Crippen molar-refractivity contribution in [3.8, 4) is 0 Å². The Morgan fingerprint density at radius 1 is 1.24 bits per heavy atom. The summed E-state index contributed by atoms with van der Waals surface area (Å²) in [5, 5.41) is 4.00. The fourth-order valence-corrected chi connectivity index (χ4v) is 3.31. The number of esters is 1. The number of methoxy groups -OCH3 is 1. The van der Waals surface area contributed by atoms with Gasteiger partial charge in [0.2, 0.25) is 0 Å². The van der Waals surface area contributed by atoms with Crippen molar-refractivity contribution in [2.75, 3.05) is 12.9 Å². The number of carbonyl (C=O) groups is 1. The molecule has 0 fully saturated rings. The first-order valence-corrected chi connectivity index (χ1v) is 8.50. The third-order valence-corrected chi connectivity index (χ3v) is 4.37.